The monoisotopic (exact) mass is 402 g/mol. The van der Waals surface area contributed by atoms with E-state index in [1.807, 2.05) is 27.7 Å². The molecule has 0 fully saturated rings. The molecule has 0 aliphatic carbocycles. The molecule has 0 bridgehead atoms. The number of carboxylic acids is 1. The first-order chi connectivity index (χ1) is 12.9. The average molecular weight is 402 g/mol. The lowest BCUT2D eigenvalue weighted by Gasteiger charge is -2.25. The van der Waals surface area contributed by atoms with Gasteiger partial charge in [0.05, 0.1) is 12.6 Å². The van der Waals surface area contributed by atoms with Gasteiger partial charge >= 0.3 is 5.97 Å². The maximum atomic E-state index is 12.5. The van der Waals surface area contributed by atoms with Crippen molar-refractivity contribution in [3.8, 4) is 0 Å². The molecule has 0 aromatic heterocycles. The third-order valence-electron chi connectivity index (χ3n) is 3.89. The summed E-state index contributed by atoms with van der Waals surface area (Å²) in [5, 5.41) is 25.9. The van der Waals surface area contributed by atoms with Gasteiger partial charge in [0.1, 0.15) is 18.1 Å². The number of hydrogen-bond acceptors (Lipinski definition) is 6. The quantitative estimate of drug-likeness (QED) is 0.242. The normalized spacial score (nSPS) is 15.5. The smallest absolute Gasteiger partial charge is 0.326 e. The fourth-order valence-corrected chi connectivity index (χ4v) is 2.44. The number of rotatable bonds is 12. The van der Waals surface area contributed by atoms with Crippen molar-refractivity contribution in [3.63, 3.8) is 0 Å². The number of carboxylic acid groups (broad SMARTS) is 1. The van der Waals surface area contributed by atoms with Gasteiger partial charge < -0.3 is 31.9 Å². The van der Waals surface area contributed by atoms with Crippen molar-refractivity contribution in [2.24, 2.45) is 17.6 Å². The van der Waals surface area contributed by atoms with Gasteiger partial charge in [0.25, 0.3) is 0 Å². The van der Waals surface area contributed by atoms with Crippen LogP contribution in [0, 0.1) is 11.8 Å². The Morgan fingerprint density at radius 2 is 1.14 bits per heavy atom. The molecule has 162 valence electrons. The maximum absolute atomic E-state index is 12.5. The predicted octanol–water partition coefficient (Wildman–Crippen LogP) is -1.04. The highest BCUT2D eigenvalue weighted by atomic mass is 16.4. The van der Waals surface area contributed by atoms with E-state index in [9.17, 15) is 29.4 Å². The first kappa shape index (κ1) is 25.8. The Bertz CT molecular complexity index is 550. The third-order valence-corrected chi connectivity index (χ3v) is 3.89. The molecule has 10 nitrogen and oxygen atoms in total. The number of nitrogens with one attached hydrogen (secondary N) is 3. The van der Waals surface area contributed by atoms with Gasteiger partial charge in [-0.25, -0.2) is 4.79 Å². The van der Waals surface area contributed by atoms with Crippen molar-refractivity contribution < 1.29 is 29.4 Å². The lowest BCUT2D eigenvalue weighted by Crippen LogP contribution is -2.58. The molecule has 4 unspecified atom stereocenters. The second-order valence-corrected chi connectivity index (χ2v) is 7.75. The first-order valence-electron chi connectivity index (χ1n) is 9.39. The van der Waals surface area contributed by atoms with E-state index in [0.717, 1.165) is 0 Å². The summed E-state index contributed by atoms with van der Waals surface area (Å²) < 4.78 is 0. The molecule has 0 aromatic rings. The predicted molar refractivity (Wildman–Crippen MR) is 103 cm³/mol. The van der Waals surface area contributed by atoms with Crippen molar-refractivity contribution in [2.45, 2.75) is 71.6 Å². The number of aliphatic hydroxyl groups is 1. The Morgan fingerprint density at radius 3 is 1.54 bits per heavy atom. The van der Waals surface area contributed by atoms with E-state index in [1.165, 1.54) is 6.92 Å². The molecule has 0 saturated carbocycles. The Balaban J connectivity index is 5.14. The van der Waals surface area contributed by atoms with Gasteiger partial charge in [-0.1, -0.05) is 27.7 Å². The molecule has 10 heteroatoms. The maximum Gasteiger partial charge on any atom is 0.326 e. The number of hydrogen-bond donors (Lipinski definition) is 6. The van der Waals surface area contributed by atoms with E-state index in [2.05, 4.69) is 16.0 Å². The molecule has 0 heterocycles. The molecule has 0 aromatic carbocycles. The molecular formula is C18H34N4O6. The number of aliphatic hydroxyl groups excluding tert-OH is 1. The zero-order chi connectivity index (χ0) is 22.0. The van der Waals surface area contributed by atoms with Crippen LogP contribution in [-0.2, 0) is 19.2 Å². The van der Waals surface area contributed by atoms with Crippen molar-refractivity contribution in [3.05, 3.63) is 0 Å². The zero-order valence-electron chi connectivity index (χ0n) is 17.2. The summed E-state index contributed by atoms with van der Waals surface area (Å²) in [7, 11) is 0. The lowest BCUT2D eigenvalue weighted by molar-refractivity contribution is -0.143. The molecule has 0 aliphatic rings. The highest BCUT2D eigenvalue weighted by molar-refractivity contribution is 5.94. The Labute approximate surface area is 165 Å². The van der Waals surface area contributed by atoms with Gasteiger partial charge in [-0.15, -0.1) is 0 Å². The van der Waals surface area contributed by atoms with E-state index >= 15 is 0 Å². The highest BCUT2D eigenvalue weighted by Crippen LogP contribution is 2.07. The molecule has 4 atom stereocenters. The summed E-state index contributed by atoms with van der Waals surface area (Å²) >= 11 is 0. The number of aliphatic carboxylic acids is 1. The van der Waals surface area contributed by atoms with E-state index < -0.39 is 54.5 Å². The topological polar surface area (TPSA) is 171 Å². The molecule has 0 rings (SSSR count). The van der Waals surface area contributed by atoms with Crippen LogP contribution in [0.1, 0.15) is 47.5 Å². The van der Waals surface area contributed by atoms with Crippen molar-refractivity contribution in [1.82, 2.24) is 16.0 Å². The van der Waals surface area contributed by atoms with E-state index in [1.54, 1.807) is 0 Å². The van der Waals surface area contributed by atoms with Crippen LogP contribution in [0.25, 0.3) is 0 Å². The minimum absolute atomic E-state index is 0.0208. The van der Waals surface area contributed by atoms with Crippen LogP contribution in [0.5, 0.6) is 0 Å². The summed E-state index contributed by atoms with van der Waals surface area (Å²) in [6.07, 6.45) is 0.503. The van der Waals surface area contributed by atoms with Crippen LogP contribution < -0.4 is 21.7 Å². The Hall–Kier alpha value is -2.20. The summed E-state index contributed by atoms with van der Waals surface area (Å²) in [5.41, 5.74) is 5.51. The fraction of sp³-hybridized carbons (Fsp3) is 0.778. The summed E-state index contributed by atoms with van der Waals surface area (Å²) in [5.74, 6) is -3.11. The largest absolute Gasteiger partial charge is 0.480 e. The standard InChI is InChI=1S/C18H34N4O6/c1-9(2)6-12(20-15(24)11(5)19)16(25)22-14(8-23)17(26)21-13(18(27)28)7-10(3)4/h9-14,23H,6-8,19H2,1-5H3,(H,20,24)(H,21,26)(H,22,25)(H,27,28). The third kappa shape index (κ3) is 9.65. The Kier molecular flexibility index (Phi) is 11.3. The molecule has 0 radical (unpaired) electrons. The van der Waals surface area contributed by atoms with Gasteiger partial charge in [-0.05, 0) is 31.6 Å². The van der Waals surface area contributed by atoms with Crippen LogP contribution in [0.3, 0.4) is 0 Å². The van der Waals surface area contributed by atoms with Crippen LogP contribution >= 0.6 is 0 Å². The molecule has 0 saturated heterocycles. The van der Waals surface area contributed by atoms with Gasteiger partial charge in [-0.2, -0.15) is 0 Å². The van der Waals surface area contributed by atoms with E-state index in [4.69, 9.17) is 5.73 Å². The molecule has 3 amide bonds. The summed E-state index contributed by atoms with van der Waals surface area (Å²) in [6, 6.07) is -4.23. The Morgan fingerprint density at radius 1 is 0.750 bits per heavy atom. The lowest BCUT2D eigenvalue weighted by atomic mass is 10.0. The number of nitrogens with two attached hydrogens (primary N) is 1. The number of amides is 3. The van der Waals surface area contributed by atoms with Gasteiger partial charge in [-0.3, -0.25) is 14.4 Å². The minimum Gasteiger partial charge on any atom is -0.480 e. The van der Waals surface area contributed by atoms with Crippen LogP contribution in [0.2, 0.25) is 0 Å². The van der Waals surface area contributed by atoms with E-state index in [0.29, 0.717) is 6.42 Å². The number of carbonyl (C=O) groups is 4. The van der Waals surface area contributed by atoms with E-state index in [-0.39, 0.29) is 18.3 Å². The van der Waals surface area contributed by atoms with Gasteiger partial charge in [0, 0.05) is 0 Å². The summed E-state index contributed by atoms with van der Waals surface area (Å²) in [6.45, 7) is 8.09. The van der Waals surface area contributed by atoms with Gasteiger partial charge in [0.2, 0.25) is 17.7 Å². The van der Waals surface area contributed by atoms with Crippen molar-refractivity contribution >= 4 is 23.7 Å². The molecule has 0 aliphatic heterocycles. The van der Waals surface area contributed by atoms with Gasteiger partial charge in [0.15, 0.2) is 0 Å². The zero-order valence-corrected chi connectivity index (χ0v) is 17.2. The fourth-order valence-electron chi connectivity index (χ4n) is 2.44. The highest BCUT2D eigenvalue weighted by Gasteiger charge is 2.30. The van der Waals surface area contributed by atoms with Crippen LogP contribution in [-0.4, -0.2) is 64.7 Å². The first-order valence-corrected chi connectivity index (χ1v) is 9.39. The second kappa shape index (κ2) is 12.3. The SMILES string of the molecule is CC(C)CC(NC(=O)C(CO)NC(=O)C(CC(C)C)NC(=O)C(C)N)C(=O)O. The molecular weight excluding hydrogens is 368 g/mol. The molecule has 7 N–H and O–H groups in total. The minimum atomic E-state index is -1.34. The van der Waals surface area contributed by atoms with Crippen molar-refractivity contribution in [2.75, 3.05) is 6.61 Å². The average Bonchev–Trinajstić information content (AvgIpc) is 2.56. The van der Waals surface area contributed by atoms with Crippen molar-refractivity contribution in [1.29, 1.82) is 0 Å². The molecule has 0 spiro atoms. The number of carbonyl (C=O) groups excluding carboxylic acids is 3. The second-order valence-electron chi connectivity index (χ2n) is 7.75. The molecule has 28 heavy (non-hydrogen) atoms. The summed E-state index contributed by atoms with van der Waals surface area (Å²) in [4.78, 5) is 48.0. The van der Waals surface area contributed by atoms with Crippen LogP contribution in [0.15, 0.2) is 0 Å². The van der Waals surface area contributed by atoms with Crippen LogP contribution in [0.4, 0.5) is 0 Å².